The lowest BCUT2D eigenvalue weighted by Gasteiger charge is -2.25. The van der Waals surface area contributed by atoms with Crippen LogP contribution in [0.2, 0.25) is 0 Å². The van der Waals surface area contributed by atoms with Crippen molar-refractivity contribution in [1.29, 1.82) is 0 Å². The van der Waals surface area contributed by atoms with Crippen molar-refractivity contribution in [2.75, 3.05) is 19.4 Å². The average Bonchev–Trinajstić information content (AvgIpc) is 3.40. The number of imidazole rings is 1. The fourth-order valence-electron chi connectivity index (χ4n) is 4.60. The number of ether oxygens (including phenoxy) is 2. The molecule has 35 heavy (non-hydrogen) atoms. The van der Waals surface area contributed by atoms with Crippen molar-refractivity contribution < 1.29 is 29.3 Å². The Hall–Kier alpha value is -3.27. The highest BCUT2D eigenvalue weighted by Gasteiger charge is 2.47. The number of hydrogen-bond donors (Lipinski definition) is 4. The van der Waals surface area contributed by atoms with Crippen LogP contribution in [0.5, 0.6) is 0 Å². The van der Waals surface area contributed by atoms with Gasteiger partial charge in [-0.2, -0.15) is 0 Å². The number of nitrogen functional groups attached to an aromatic ring is 1. The molecule has 5 N–H and O–H groups in total. The molecule has 0 bridgehead atoms. The van der Waals surface area contributed by atoms with E-state index in [4.69, 9.17) is 15.2 Å². The van der Waals surface area contributed by atoms with E-state index in [1.165, 1.54) is 18.0 Å². The molecule has 0 spiro atoms. The molecule has 2 aliphatic rings. The number of fused-ring (bicyclic) bond motifs is 1. The highest BCUT2D eigenvalue weighted by Crippen LogP contribution is 2.33. The predicted molar refractivity (Wildman–Crippen MR) is 123 cm³/mol. The molecule has 4 rings (SSSR count). The first-order valence-corrected chi connectivity index (χ1v) is 11.7. The number of anilines is 1. The van der Waals surface area contributed by atoms with Gasteiger partial charge < -0.3 is 30.7 Å². The fourth-order valence-corrected chi connectivity index (χ4v) is 4.60. The summed E-state index contributed by atoms with van der Waals surface area (Å²) in [5.74, 6) is 6.02. The second-order valence-corrected chi connectivity index (χ2v) is 8.83. The lowest BCUT2D eigenvalue weighted by Crippen LogP contribution is -2.42. The molecule has 1 aliphatic carbocycles. The minimum atomic E-state index is -1.42. The number of aliphatic hydroxyl groups is 2. The standard InChI is InChI=1S/C23H30N6O6/c1-3-25-21(32)18-16(30)17(31)22(35-18)29-11-26-15-19(24)27-14(28-20(15)29)6-4-5-12-7-9-13(10-8-12)23(33)34-2/h11-13,16-18,22,30-31H,3,5,7-10H2,1-2H3,(H,25,32)(H2,24,27,28)/t12?,13?,16-,17+,18?,22+/m0/s1. The zero-order valence-corrected chi connectivity index (χ0v) is 19.7. The molecule has 2 aromatic rings. The highest BCUT2D eigenvalue weighted by molar-refractivity contribution is 5.83. The van der Waals surface area contributed by atoms with Crippen LogP contribution >= 0.6 is 0 Å². The predicted octanol–water partition coefficient (Wildman–Crippen LogP) is -0.115. The van der Waals surface area contributed by atoms with E-state index < -0.39 is 30.4 Å². The van der Waals surface area contributed by atoms with Crippen molar-refractivity contribution in [1.82, 2.24) is 24.8 Å². The summed E-state index contributed by atoms with van der Waals surface area (Å²) in [7, 11) is 1.41. The summed E-state index contributed by atoms with van der Waals surface area (Å²) in [4.78, 5) is 36.7. The summed E-state index contributed by atoms with van der Waals surface area (Å²) < 4.78 is 11.9. The third-order valence-electron chi connectivity index (χ3n) is 6.54. The van der Waals surface area contributed by atoms with Crippen LogP contribution in [0, 0.1) is 23.7 Å². The summed E-state index contributed by atoms with van der Waals surface area (Å²) in [5.41, 5.74) is 6.63. The van der Waals surface area contributed by atoms with Gasteiger partial charge in [-0.3, -0.25) is 14.2 Å². The maximum atomic E-state index is 12.2. The van der Waals surface area contributed by atoms with Crippen LogP contribution in [0.4, 0.5) is 5.82 Å². The van der Waals surface area contributed by atoms with Gasteiger partial charge in [0.25, 0.3) is 5.91 Å². The number of likely N-dealkylation sites (N-methyl/N-ethyl adjacent to an activating group) is 1. The Morgan fingerprint density at radius 1 is 1.26 bits per heavy atom. The Morgan fingerprint density at radius 3 is 2.69 bits per heavy atom. The molecule has 0 aromatic carbocycles. The van der Waals surface area contributed by atoms with Gasteiger partial charge >= 0.3 is 5.97 Å². The SMILES string of the molecule is CCNC(=O)C1O[C@@H](n2cnc3c(N)nc(C#CCC4CCC(C(=O)OC)CC4)nc32)[C@H](O)[C@@H]1O. The Bertz CT molecular complexity index is 1150. The third-order valence-corrected chi connectivity index (χ3v) is 6.54. The molecule has 0 radical (unpaired) electrons. The summed E-state index contributed by atoms with van der Waals surface area (Å²) in [6.45, 7) is 2.10. The maximum Gasteiger partial charge on any atom is 0.308 e. The van der Waals surface area contributed by atoms with Gasteiger partial charge in [-0.15, -0.1) is 0 Å². The van der Waals surface area contributed by atoms with Crippen LogP contribution in [0.1, 0.15) is 51.1 Å². The Labute approximate surface area is 202 Å². The van der Waals surface area contributed by atoms with Crippen LogP contribution in [0.3, 0.4) is 0 Å². The lowest BCUT2D eigenvalue weighted by atomic mass is 9.81. The molecule has 12 nitrogen and oxygen atoms in total. The Kier molecular flexibility index (Phi) is 7.49. The van der Waals surface area contributed by atoms with Crippen molar-refractivity contribution >= 4 is 28.9 Å². The number of hydrogen-bond acceptors (Lipinski definition) is 10. The largest absolute Gasteiger partial charge is 0.469 e. The van der Waals surface area contributed by atoms with Crippen LogP contribution in [0.25, 0.3) is 11.2 Å². The van der Waals surface area contributed by atoms with E-state index in [0.29, 0.717) is 24.4 Å². The van der Waals surface area contributed by atoms with Gasteiger partial charge in [-0.05, 0) is 44.4 Å². The van der Waals surface area contributed by atoms with Crippen molar-refractivity contribution in [2.24, 2.45) is 11.8 Å². The number of rotatable bonds is 5. The Morgan fingerprint density at radius 2 is 2.00 bits per heavy atom. The molecule has 2 aromatic heterocycles. The number of nitrogens with zero attached hydrogens (tertiary/aromatic N) is 4. The molecule has 2 fully saturated rings. The van der Waals surface area contributed by atoms with Crippen LogP contribution in [0.15, 0.2) is 6.33 Å². The highest BCUT2D eigenvalue weighted by atomic mass is 16.6. The van der Waals surface area contributed by atoms with Crippen LogP contribution in [-0.4, -0.2) is 73.6 Å². The van der Waals surface area contributed by atoms with E-state index in [9.17, 15) is 19.8 Å². The zero-order chi connectivity index (χ0) is 25.1. The number of methoxy groups -OCH3 is 1. The molecule has 4 atom stereocenters. The number of carbonyl (C=O) groups is 2. The number of aliphatic hydroxyl groups excluding tert-OH is 2. The number of carbonyl (C=O) groups excluding carboxylic acids is 2. The van der Waals surface area contributed by atoms with Crippen LogP contribution < -0.4 is 11.1 Å². The first kappa shape index (κ1) is 24.8. The maximum absolute atomic E-state index is 12.2. The van der Waals surface area contributed by atoms with Crippen molar-refractivity contribution in [3.8, 4) is 11.8 Å². The van der Waals surface area contributed by atoms with E-state index in [0.717, 1.165) is 25.7 Å². The van der Waals surface area contributed by atoms with Gasteiger partial charge in [0.2, 0.25) is 5.82 Å². The molecule has 1 aliphatic heterocycles. The van der Waals surface area contributed by atoms with Crippen molar-refractivity contribution in [2.45, 2.75) is 63.6 Å². The zero-order valence-electron chi connectivity index (χ0n) is 19.7. The average molecular weight is 487 g/mol. The van der Waals surface area contributed by atoms with Gasteiger partial charge in [0.15, 0.2) is 23.8 Å². The van der Waals surface area contributed by atoms with Crippen molar-refractivity contribution in [3.05, 3.63) is 12.2 Å². The smallest absolute Gasteiger partial charge is 0.308 e. The minimum Gasteiger partial charge on any atom is -0.469 e. The molecule has 1 amide bonds. The van der Waals surface area contributed by atoms with Gasteiger partial charge in [0, 0.05) is 13.0 Å². The second kappa shape index (κ2) is 10.6. The lowest BCUT2D eigenvalue weighted by molar-refractivity contribution is -0.146. The number of aromatic nitrogens is 4. The molecule has 1 saturated carbocycles. The monoisotopic (exact) mass is 486 g/mol. The van der Waals surface area contributed by atoms with Gasteiger partial charge in [-0.1, -0.05) is 5.92 Å². The summed E-state index contributed by atoms with van der Waals surface area (Å²) in [6, 6.07) is 0. The quantitative estimate of drug-likeness (QED) is 0.329. The number of nitrogens with two attached hydrogens (primary N) is 1. The van der Waals surface area contributed by atoms with E-state index >= 15 is 0 Å². The van der Waals surface area contributed by atoms with Gasteiger partial charge in [0.1, 0.15) is 17.7 Å². The third kappa shape index (κ3) is 5.07. The second-order valence-electron chi connectivity index (χ2n) is 8.83. The molecular weight excluding hydrogens is 456 g/mol. The first-order chi connectivity index (χ1) is 16.8. The summed E-state index contributed by atoms with van der Waals surface area (Å²) in [6.07, 6.45) is 0.253. The molecule has 188 valence electrons. The molecule has 1 saturated heterocycles. The van der Waals surface area contributed by atoms with E-state index in [-0.39, 0.29) is 29.2 Å². The first-order valence-electron chi connectivity index (χ1n) is 11.7. The molecular formula is C23H30N6O6. The Balaban J connectivity index is 1.49. The van der Waals surface area contributed by atoms with Crippen molar-refractivity contribution in [3.63, 3.8) is 0 Å². The van der Waals surface area contributed by atoms with Gasteiger partial charge in [-0.25, -0.2) is 15.0 Å². The fraction of sp³-hybridized carbons (Fsp3) is 0.609. The molecule has 12 heteroatoms. The van der Waals surface area contributed by atoms with Gasteiger partial charge in [0.05, 0.1) is 19.4 Å². The molecule has 1 unspecified atom stereocenters. The minimum absolute atomic E-state index is 0.0330. The van der Waals surface area contributed by atoms with E-state index in [1.54, 1.807) is 6.92 Å². The number of amides is 1. The molecule has 3 heterocycles. The number of nitrogens with one attached hydrogen (secondary N) is 1. The normalized spacial score (nSPS) is 28.3. The number of esters is 1. The topological polar surface area (TPSA) is 175 Å². The summed E-state index contributed by atoms with van der Waals surface area (Å²) in [5, 5.41) is 23.4. The summed E-state index contributed by atoms with van der Waals surface area (Å²) >= 11 is 0. The van der Waals surface area contributed by atoms with E-state index in [2.05, 4.69) is 32.1 Å². The van der Waals surface area contributed by atoms with E-state index in [1.807, 2.05) is 0 Å². The van der Waals surface area contributed by atoms with Crippen LogP contribution in [-0.2, 0) is 19.1 Å².